The maximum atomic E-state index is 6.41. The van der Waals surface area contributed by atoms with Crippen LogP contribution in [-0.4, -0.2) is 97.9 Å². The molecule has 0 aliphatic heterocycles. The van der Waals surface area contributed by atoms with Crippen LogP contribution in [-0.2, 0) is 0 Å². The van der Waals surface area contributed by atoms with Gasteiger partial charge in [0, 0.05) is 0 Å². The van der Waals surface area contributed by atoms with Gasteiger partial charge in [-0.3, -0.25) is 0 Å². The molecule has 0 radical (unpaired) electrons. The van der Waals surface area contributed by atoms with Crippen LogP contribution in [0.15, 0.2) is 496 Å². The number of hydrogen-bond acceptors (Lipinski definition) is 11. The van der Waals surface area contributed by atoms with Gasteiger partial charge in [0.15, 0.2) is 0 Å². The quantitative estimate of drug-likeness (QED) is 0.0598. The molecule has 0 atom stereocenters. The molecule has 0 saturated carbocycles. The average Bonchev–Trinajstić information content (AvgIpc) is 1.22. The van der Waals surface area contributed by atoms with Crippen molar-refractivity contribution in [3.63, 3.8) is 0 Å². The van der Waals surface area contributed by atoms with Gasteiger partial charge in [0.25, 0.3) is 0 Å². The van der Waals surface area contributed by atoms with E-state index in [-0.39, 0.29) is 0 Å². The number of oxazole rings is 1. The summed E-state index contributed by atoms with van der Waals surface area (Å²) in [5, 5.41) is 4.23. The summed E-state index contributed by atoms with van der Waals surface area (Å²) in [5.41, 5.74) is 29.3. The van der Waals surface area contributed by atoms with Gasteiger partial charge >= 0.3 is 770 Å². The standard InChI is InChI=1S/C48H30N4OSe.2C39H27N3Se/c54-44-36(30-14-5-1-6-15-30)22-13-23-38(44)39-28-34-25-27-41-43(49-48(53-41)33-20-11-4-12-21-33)42(34)40-29-35(24-26-37(39)40)47-51-45(31-16-7-2-8-17-31)50-46(52-47)32-18-9-3-10-19-32;43-35-21-11-20-34(36(35)30-16-8-3-9-17-30)39-41-37(31-24-22-29(23-25-31)27-12-4-1-5-13-27)40-38(42-39)33-19-10-18-32(26-33)28-14-6-2-7-15-28;43-36-34(30-16-8-3-9-17-30)20-11-21-35(36)39-41-37(31-24-22-29(23-25-31)27-12-4-1-5-13-27)40-38(42-39)33-19-10-18-32(26-33)28-14-6-2-7-15-28/h1-29,54H;2*1-26,43H. The van der Waals surface area contributed by atoms with Crippen LogP contribution in [0.5, 0.6) is 0 Å². The molecule has 140 heavy (non-hydrogen) atoms. The van der Waals surface area contributed by atoms with Crippen molar-refractivity contribution in [3.8, 4) is 203 Å². The van der Waals surface area contributed by atoms with E-state index < -0.39 is 0 Å². The number of aromatic nitrogens is 10. The average molecular weight is 1990 g/mol. The van der Waals surface area contributed by atoms with E-state index in [1.54, 1.807) is 0 Å². The van der Waals surface area contributed by atoms with Crippen LogP contribution in [0.4, 0.5) is 0 Å². The van der Waals surface area contributed by atoms with Crippen LogP contribution < -0.4 is 13.4 Å². The minimum atomic E-state index is 0.590. The molecule has 0 bridgehead atoms. The fourth-order valence-corrected chi connectivity index (χ4v) is 20.1. The summed E-state index contributed by atoms with van der Waals surface area (Å²) in [6.07, 6.45) is 0. The molecular weight excluding hydrogens is 1910 g/mol. The zero-order valence-electron chi connectivity index (χ0n) is 75.5. The van der Waals surface area contributed by atoms with Crippen molar-refractivity contribution in [2.24, 2.45) is 0 Å². The first-order valence-electron chi connectivity index (χ1n) is 46.2. The van der Waals surface area contributed by atoms with Crippen LogP contribution in [0.25, 0.3) is 236 Å². The summed E-state index contributed by atoms with van der Waals surface area (Å²) in [4.78, 5) is 50.6. The van der Waals surface area contributed by atoms with Gasteiger partial charge in [0.05, 0.1) is 0 Å². The third-order valence-corrected chi connectivity index (χ3v) is 27.6. The molecule has 0 amide bonds. The van der Waals surface area contributed by atoms with Crippen LogP contribution >= 0.6 is 0 Å². The topological polar surface area (TPSA) is 142 Å². The van der Waals surface area contributed by atoms with Gasteiger partial charge in [0.2, 0.25) is 0 Å². The predicted octanol–water partition coefficient (Wildman–Crippen LogP) is 27.6. The van der Waals surface area contributed by atoms with Crippen LogP contribution in [0.2, 0.25) is 0 Å². The second-order valence-electron chi connectivity index (χ2n) is 33.7. The third-order valence-electron chi connectivity index (χ3n) is 24.8. The Hall–Kier alpha value is -17.0. The van der Waals surface area contributed by atoms with Gasteiger partial charge in [-0.2, -0.15) is 0 Å². The van der Waals surface area contributed by atoms with Gasteiger partial charge in [-0.05, 0) is 0 Å². The number of fused-ring (bicyclic) bond motifs is 5. The Morgan fingerprint density at radius 1 is 0.164 bits per heavy atom. The van der Waals surface area contributed by atoms with E-state index in [0.29, 0.717) is 58.3 Å². The van der Waals surface area contributed by atoms with Crippen molar-refractivity contribution in [3.05, 3.63) is 491 Å². The summed E-state index contributed by atoms with van der Waals surface area (Å²) >= 11 is 8.24. The second kappa shape index (κ2) is 40.5. The van der Waals surface area contributed by atoms with E-state index in [0.717, 1.165) is 168 Å². The summed E-state index contributed by atoms with van der Waals surface area (Å²) in [7, 11) is 0. The molecule has 14 heteroatoms. The van der Waals surface area contributed by atoms with Crippen LogP contribution in [0, 0.1) is 0 Å². The van der Waals surface area contributed by atoms with E-state index in [9.17, 15) is 0 Å². The predicted molar refractivity (Wildman–Crippen MR) is 580 cm³/mol. The molecule has 24 aromatic rings. The molecule has 4 heterocycles. The van der Waals surface area contributed by atoms with Gasteiger partial charge in [0.1, 0.15) is 0 Å². The number of hydrogen-bond donors (Lipinski definition) is 0. The summed E-state index contributed by atoms with van der Waals surface area (Å²) in [6.45, 7) is 0. The summed E-state index contributed by atoms with van der Waals surface area (Å²) in [5.74, 6) is 6.27. The molecular formula is C126H84N10OSe3. The number of rotatable bonds is 18. The molecule has 4 aromatic heterocycles. The first kappa shape index (κ1) is 88.3. The van der Waals surface area contributed by atoms with Crippen molar-refractivity contribution in [2.75, 3.05) is 0 Å². The SMILES string of the molecule is [SeH]c1c(-c2ccccc2)cccc1-c1cc2ccc3oc(-c4ccccc4)nc3c2c2cc(-c3nc(-c4ccccc4)nc(-c4ccccc4)n3)ccc12.[SeH]c1c(-c2ccccc2)cccc1-c1nc(-c2ccc(-c3ccccc3)cc2)nc(-c2cccc(-c3ccccc3)c2)n1.[SeH]c1cccc(-c2nc(-c3ccc(-c4ccccc4)cc3)nc(-c3cccc(-c4ccccc4)c3)n2)c1-c1ccccc1. The van der Waals surface area contributed by atoms with Crippen molar-refractivity contribution in [1.82, 2.24) is 49.8 Å². The molecule has 662 valence electrons. The Labute approximate surface area is 835 Å². The molecule has 11 nitrogen and oxygen atoms in total. The molecule has 0 aliphatic rings. The molecule has 0 aliphatic carbocycles. The molecule has 0 N–H and O–H groups in total. The fraction of sp³-hybridized carbons (Fsp3) is 0. The van der Waals surface area contributed by atoms with E-state index in [4.69, 9.17) is 54.3 Å². The minimum absolute atomic E-state index is 0.590. The molecule has 0 fully saturated rings. The molecule has 0 saturated heterocycles. The Morgan fingerprint density at radius 3 is 0.886 bits per heavy atom. The monoisotopic (exact) mass is 1990 g/mol. The molecule has 24 rings (SSSR count). The van der Waals surface area contributed by atoms with Crippen molar-refractivity contribution in [1.29, 1.82) is 0 Å². The van der Waals surface area contributed by atoms with E-state index in [1.165, 1.54) is 22.3 Å². The summed E-state index contributed by atoms with van der Waals surface area (Å²) in [6, 6.07) is 169. The van der Waals surface area contributed by atoms with Gasteiger partial charge in [-0.1, -0.05) is 72.8 Å². The first-order valence-corrected chi connectivity index (χ1v) is 49.0. The van der Waals surface area contributed by atoms with Crippen molar-refractivity contribution >= 4 is 94.1 Å². The third kappa shape index (κ3) is 19.0. The Balaban J connectivity index is 0.000000122. The molecule has 20 aromatic carbocycles. The zero-order valence-corrected chi connectivity index (χ0v) is 81.1. The first-order chi connectivity index (χ1) is 69.1. The van der Waals surface area contributed by atoms with E-state index in [1.807, 2.05) is 133 Å². The molecule has 0 spiro atoms. The second-order valence-corrected chi connectivity index (χ2v) is 36.6. The maximum absolute atomic E-state index is 6.41. The van der Waals surface area contributed by atoms with Crippen molar-refractivity contribution in [2.45, 2.75) is 0 Å². The van der Waals surface area contributed by atoms with Gasteiger partial charge < -0.3 is 0 Å². The normalized spacial score (nSPS) is 11.1. The fourth-order valence-electron chi connectivity index (χ4n) is 17.8. The van der Waals surface area contributed by atoms with Gasteiger partial charge in [-0.15, -0.1) is 0 Å². The Morgan fingerprint density at radius 2 is 0.450 bits per heavy atom. The van der Waals surface area contributed by atoms with Crippen LogP contribution in [0.3, 0.4) is 0 Å². The zero-order chi connectivity index (χ0) is 94.0. The number of nitrogens with zero attached hydrogens (tertiary/aromatic N) is 10. The van der Waals surface area contributed by atoms with Crippen molar-refractivity contribution < 1.29 is 4.42 Å². The Kier molecular flexibility index (Phi) is 25.5. The molecule has 0 unspecified atom stereocenters. The van der Waals surface area contributed by atoms with Crippen LogP contribution in [0.1, 0.15) is 0 Å². The number of benzene rings is 20. The van der Waals surface area contributed by atoms with Gasteiger partial charge in [-0.25, -0.2) is 0 Å². The Bertz CT molecular complexity index is 8520. The summed E-state index contributed by atoms with van der Waals surface area (Å²) < 4.78 is 9.75. The van der Waals surface area contributed by atoms with E-state index >= 15 is 0 Å². The van der Waals surface area contributed by atoms with E-state index in [2.05, 4.69) is 406 Å².